The van der Waals surface area contributed by atoms with E-state index in [1.807, 2.05) is 32.0 Å². The fraction of sp³-hybridized carbons (Fsp3) is 0.429. The number of fused-ring (bicyclic) bond motifs is 1. The molecule has 0 fully saturated rings. The quantitative estimate of drug-likeness (QED) is 0.888. The number of aromatic nitrogens is 1. The molecule has 0 aliphatic carbocycles. The molecule has 0 saturated heterocycles. The Morgan fingerprint density at radius 2 is 2.30 bits per heavy atom. The van der Waals surface area contributed by atoms with Crippen LogP contribution in [0.15, 0.2) is 18.2 Å². The molecule has 2 aromatic rings. The Morgan fingerprint density at radius 1 is 1.55 bits per heavy atom. The molecule has 5 nitrogen and oxygen atoms in total. The van der Waals surface area contributed by atoms with Gasteiger partial charge in [0.05, 0.1) is 22.7 Å². The normalized spacial score (nSPS) is 14.0. The molecular weight excluding hydrogens is 274 g/mol. The van der Waals surface area contributed by atoms with Crippen LogP contribution in [0.5, 0.6) is 5.75 Å². The van der Waals surface area contributed by atoms with E-state index in [0.29, 0.717) is 18.1 Å². The van der Waals surface area contributed by atoms with Crippen LogP contribution in [0, 0.1) is 5.41 Å². The first-order valence-electron chi connectivity index (χ1n) is 6.48. The van der Waals surface area contributed by atoms with Gasteiger partial charge in [-0.2, -0.15) is 0 Å². The molecule has 2 rings (SSSR count). The number of rotatable bonds is 5. The summed E-state index contributed by atoms with van der Waals surface area (Å²) in [4.78, 5) is 16.6. The molecule has 0 bridgehead atoms. The van der Waals surface area contributed by atoms with Crippen molar-refractivity contribution >= 4 is 32.6 Å². The first kappa shape index (κ1) is 14.7. The zero-order valence-corrected chi connectivity index (χ0v) is 12.7. The summed E-state index contributed by atoms with van der Waals surface area (Å²) >= 11 is 1.43. The van der Waals surface area contributed by atoms with E-state index in [1.165, 1.54) is 11.3 Å². The van der Waals surface area contributed by atoms with Gasteiger partial charge in [0.25, 0.3) is 0 Å². The lowest BCUT2D eigenvalue weighted by atomic mass is 9.87. The van der Waals surface area contributed by atoms with Crippen molar-refractivity contribution in [1.82, 2.24) is 4.98 Å². The van der Waals surface area contributed by atoms with Crippen LogP contribution in [0.25, 0.3) is 10.2 Å². The SMILES string of the molecule is CCC(C)(CN)C(=O)Nc1nc2ccc(OC)cc2s1. The van der Waals surface area contributed by atoms with Crippen molar-refractivity contribution in [2.75, 3.05) is 19.0 Å². The van der Waals surface area contributed by atoms with Gasteiger partial charge in [-0.25, -0.2) is 4.98 Å². The lowest BCUT2D eigenvalue weighted by Crippen LogP contribution is -2.39. The molecule has 1 amide bonds. The first-order chi connectivity index (χ1) is 9.52. The molecule has 0 aliphatic rings. The van der Waals surface area contributed by atoms with Crippen LogP contribution in [0.1, 0.15) is 20.3 Å². The highest BCUT2D eigenvalue weighted by Gasteiger charge is 2.30. The molecule has 1 unspecified atom stereocenters. The number of nitrogens with one attached hydrogen (secondary N) is 1. The van der Waals surface area contributed by atoms with E-state index < -0.39 is 5.41 Å². The van der Waals surface area contributed by atoms with E-state index >= 15 is 0 Å². The van der Waals surface area contributed by atoms with E-state index in [-0.39, 0.29) is 5.91 Å². The number of anilines is 1. The number of carbonyl (C=O) groups is 1. The van der Waals surface area contributed by atoms with Crippen molar-refractivity contribution in [1.29, 1.82) is 0 Å². The molecule has 0 aliphatic heterocycles. The molecule has 6 heteroatoms. The number of ether oxygens (including phenoxy) is 1. The van der Waals surface area contributed by atoms with E-state index in [9.17, 15) is 4.79 Å². The summed E-state index contributed by atoms with van der Waals surface area (Å²) in [6, 6.07) is 5.64. The van der Waals surface area contributed by atoms with Crippen LogP contribution < -0.4 is 15.8 Å². The number of amides is 1. The average Bonchev–Trinajstić information content (AvgIpc) is 2.87. The number of hydrogen-bond acceptors (Lipinski definition) is 5. The van der Waals surface area contributed by atoms with E-state index in [0.717, 1.165) is 16.0 Å². The third-order valence-electron chi connectivity index (χ3n) is 3.60. The van der Waals surface area contributed by atoms with Gasteiger partial charge in [0.2, 0.25) is 5.91 Å². The molecule has 0 radical (unpaired) electrons. The lowest BCUT2D eigenvalue weighted by Gasteiger charge is -2.23. The number of carbonyl (C=O) groups excluding carboxylic acids is 1. The molecule has 0 saturated carbocycles. The van der Waals surface area contributed by atoms with Crippen LogP contribution in [0.2, 0.25) is 0 Å². The van der Waals surface area contributed by atoms with Gasteiger partial charge in [0.15, 0.2) is 5.13 Å². The predicted octanol–water partition coefficient (Wildman–Crippen LogP) is 2.62. The molecule has 0 spiro atoms. The summed E-state index contributed by atoms with van der Waals surface area (Å²) in [6.07, 6.45) is 0.689. The highest BCUT2D eigenvalue weighted by Crippen LogP contribution is 2.30. The Morgan fingerprint density at radius 3 is 2.90 bits per heavy atom. The summed E-state index contributed by atoms with van der Waals surface area (Å²) < 4.78 is 6.15. The highest BCUT2D eigenvalue weighted by molar-refractivity contribution is 7.22. The largest absolute Gasteiger partial charge is 0.497 e. The van der Waals surface area contributed by atoms with Crippen molar-refractivity contribution < 1.29 is 9.53 Å². The maximum Gasteiger partial charge on any atom is 0.233 e. The first-order valence-corrected chi connectivity index (χ1v) is 7.30. The summed E-state index contributed by atoms with van der Waals surface area (Å²) in [5.74, 6) is 0.688. The monoisotopic (exact) mass is 293 g/mol. The van der Waals surface area contributed by atoms with Gasteiger partial charge < -0.3 is 15.8 Å². The highest BCUT2D eigenvalue weighted by atomic mass is 32.1. The summed E-state index contributed by atoms with van der Waals surface area (Å²) in [5.41, 5.74) is 5.98. The number of nitrogens with two attached hydrogens (primary N) is 1. The van der Waals surface area contributed by atoms with Crippen molar-refractivity contribution in [2.24, 2.45) is 11.1 Å². The second kappa shape index (κ2) is 5.76. The van der Waals surface area contributed by atoms with Gasteiger partial charge >= 0.3 is 0 Å². The van der Waals surface area contributed by atoms with Crippen molar-refractivity contribution in [3.63, 3.8) is 0 Å². The van der Waals surface area contributed by atoms with Crippen molar-refractivity contribution in [3.05, 3.63) is 18.2 Å². The molecule has 1 aromatic heterocycles. The van der Waals surface area contributed by atoms with Gasteiger partial charge in [-0.3, -0.25) is 4.79 Å². The number of benzene rings is 1. The maximum absolute atomic E-state index is 12.2. The van der Waals surface area contributed by atoms with Gasteiger partial charge in [-0.15, -0.1) is 0 Å². The van der Waals surface area contributed by atoms with Crippen LogP contribution in [0.3, 0.4) is 0 Å². The minimum absolute atomic E-state index is 0.0893. The Hall–Kier alpha value is -1.66. The minimum atomic E-state index is -0.560. The van der Waals surface area contributed by atoms with Crippen molar-refractivity contribution in [3.8, 4) is 5.75 Å². The summed E-state index contributed by atoms with van der Waals surface area (Å²) in [6.45, 7) is 4.13. The predicted molar refractivity (Wildman–Crippen MR) is 82.3 cm³/mol. The molecule has 1 atom stereocenters. The minimum Gasteiger partial charge on any atom is -0.497 e. The Bertz CT molecular complexity index is 620. The molecule has 3 N–H and O–H groups in total. The smallest absolute Gasteiger partial charge is 0.233 e. The van der Waals surface area contributed by atoms with Crippen LogP contribution in [-0.2, 0) is 4.79 Å². The third-order valence-corrected chi connectivity index (χ3v) is 4.53. The van der Waals surface area contributed by atoms with Gasteiger partial charge in [-0.05, 0) is 31.5 Å². The van der Waals surface area contributed by atoms with Gasteiger partial charge in [0.1, 0.15) is 5.75 Å². The number of methoxy groups -OCH3 is 1. The fourth-order valence-electron chi connectivity index (χ4n) is 1.73. The number of thiazole rings is 1. The third kappa shape index (κ3) is 2.76. The molecular formula is C14H19N3O2S. The second-order valence-electron chi connectivity index (χ2n) is 4.93. The Balaban J connectivity index is 2.24. The zero-order valence-electron chi connectivity index (χ0n) is 11.9. The van der Waals surface area contributed by atoms with Crippen LogP contribution in [0.4, 0.5) is 5.13 Å². The fourth-order valence-corrected chi connectivity index (χ4v) is 2.62. The van der Waals surface area contributed by atoms with Gasteiger partial charge in [0, 0.05) is 6.54 Å². The lowest BCUT2D eigenvalue weighted by molar-refractivity contribution is -0.124. The van der Waals surface area contributed by atoms with Crippen LogP contribution in [-0.4, -0.2) is 24.5 Å². The Kier molecular flexibility index (Phi) is 4.25. The van der Waals surface area contributed by atoms with Gasteiger partial charge in [-0.1, -0.05) is 18.3 Å². The second-order valence-corrected chi connectivity index (χ2v) is 5.96. The Labute approximate surface area is 122 Å². The molecule has 1 heterocycles. The topological polar surface area (TPSA) is 77.2 Å². The number of nitrogens with zero attached hydrogens (tertiary/aromatic N) is 1. The van der Waals surface area contributed by atoms with E-state index in [4.69, 9.17) is 10.5 Å². The van der Waals surface area contributed by atoms with Crippen molar-refractivity contribution in [2.45, 2.75) is 20.3 Å². The van der Waals surface area contributed by atoms with Crippen LogP contribution >= 0.6 is 11.3 Å². The summed E-state index contributed by atoms with van der Waals surface area (Å²) in [7, 11) is 1.62. The average molecular weight is 293 g/mol. The maximum atomic E-state index is 12.2. The zero-order chi connectivity index (χ0) is 14.8. The molecule has 20 heavy (non-hydrogen) atoms. The summed E-state index contributed by atoms with van der Waals surface area (Å²) in [5, 5.41) is 3.45. The molecule has 108 valence electrons. The molecule has 1 aromatic carbocycles. The van der Waals surface area contributed by atoms with E-state index in [1.54, 1.807) is 7.11 Å². The number of hydrogen-bond donors (Lipinski definition) is 2. The standard InChI is InChI=1S/C14H19N3O2S/c1-4-14(2,8-15)12(18)17-13-16-10-6-5-9(19-3)7-11(10)20-13/h5-7H,4,8,15H2,1-3H3,(H,16,17,18). The van der Waals surface area contributed by atoms with E-state index in [2.05, 4.69) is 10.3 Å².